The third kappa shape index (κ3) is 4.43. The maximum absolute atomic E-state index is 12.6. The van der Waals surface area contributed by atoms with Gasteiger partial charge in [-0.2, -0.15) is 0 Å². The number of benzene rings is 2. The van der Waals surface area contributed by atoms with Crippen LogP contribution in [0.1, 0.15) is 40.1 Å². The highest BCUT2D eigenvalue weighted by molar-refractivity contribution is 7.15. The number of halogens is 1. The number of thiophene rings is 1. The van der Waals surface area contributed by atoms with Gasteiger partial charge in [-0.25, -0.2) is 4.79 Å². The molecule has 3 aromatic rings. The molecule has 0 aliphatic heterocycles. The first kappa shape index (κ1) is 20.1. The molecule has 1 amide bonds. The molecule has 1 heterocycles. The van der Waals surface area contributed by atoms with Crippen LogP contribution in [0.25, 0.3) is 11.1 Å². The van der Waals surface area contributed by atoms with E-state index in [-0.39, 0.29) is 12.5 Å². The van der Waals surface area contributed by atoms with E-state index in [1.165, 1.54) is 16.9 Å². The molecule has 0 bridgehead atoms. The van der Waals surface area contributed by atoms with E-state index in [9.17, 15) is 9.59 Å². The normalized spacial score (nSPS) is 10.5. The molecule has 3 rings (SSSR count). The average molecular weight is 414 g/mol. The molecule has 0 aliphatic rings. The number of rotatable bonds is 6. The van der Waals surface area contributed by atoms with Crippen LogP contribution in [0.5, 0.6) is 0 Å². The molecule has 1 aromatic heterocycles. The molecule has 0 saturated heterocycles. The molecule has 0 unspecified atom stereocenters. The standard InChI is InChI=1S/C22H20ClNO3S/c1-3-14-5-7-15(8-6-14)18-13-28-21(19(18)22(26)27-4-2)24-20(25)16-9-11-17(23)12-10-16/h5-13H,3-4H2,1-2H3,(H,24,25). The van der Waals surface area contributed by atoms with E-state index >= 15 is 0 Å². The number of esters is 1. The number of amides is 1. The Morgan fingerprint density at radius 1 is 1.04 bits per heavy atom. The van der Waals surface area contributed by atoms with E-state index in [2.05, 4.69) is 12.2 Å². The summed E-state index contributed by atoms with van der Waals surface area (Å²) in [6.07, 6.45) is 0.942. The van der Waals surface area contributed by atoms with Gasteiger partial charge >= 0.3 is 5.97 Å². The van der Waals surface area contributed by atoms with Crippen LogP contribution in [-0.2, 0) is 11.2 Å². The largest absolute Gasteiger partial charge is 0.462 e. The Bertz CT molecular complexity index is 978. The molecule has 0 atom stereocenters. The SMILES string of the molecule is CCOC(=O)c1c(-c2ccc(CC)cc2)csc1NC(=O)c1ccc(Cl)cc1. The summed E-state index contributed by atoms with van der Waals surface area (Å²) in [4.78, 5) is 25.2. The lowest BCUT2D eigenvalue weighted by atomic mass is 10.0. The number of carbonyl (C=O) groups is 2. The summed E-state index contributed by atoms with van der Waals surface area (Å²) in [5.41, 5.74) is 3.70. The fourth-order valence-corrected chi connectivity index (χ4v) is 3.84. The lowest BCUT2D eigenvalue weighted by Gasteiger charge is -2.09. The van der Waals surface area contributed by atoms with Crippen LogP contribution in [0.4, 0.5) is 5.00 Å². The highest BCUT2D eigenvalue weighted by atomic mass is 35.5. The maximum Gasteiger partial charge on any atom is 0.341 e. The molecule has 0 saturated carbocycles. The summed E-state index contributed by atoms with van der Waals surface area (Å²) < 4.78 is 5.24. The first-order valence-corrected chi connectivity index (χ1v) is 10.2. The Morgan fingerprint density at radius 3 is 2.32 bits per heavy atom. The van der Waals surface area contributed by atoms with Gasteiger partial charge < -0.3 is 10.1 Å². The summed E-state index contributed by atoms with van der Waals surface area (Å²) in [6, 6.07) is 14.6. The zero-order valence-corrected chi connectivity index (χ0v) is 17.2. The van der Waals surface area contributed by atoms with Crippen LogP contribution in [0.3, 0.4) is 0 Å². The molecular formula is C22H20ClNO3S. The van der Waals surface area contributed by atoms with Gasteiger partial charge in [0.25, 0.3) is 5.91 Å². The number of aryl methyl sites for hydroxylation is 1. The molecule has 28 heavy (non-hydrogen) atoms. The van der Waals surface area contributed by atoms with Crippen molar-refractivity contribution >= 4 is 39.8 Å². The minimum atomic E-state index is -0.454. The van der Waals surface area contributed by atoms with Crippen molar-refractivity contribution < 1.29 is 14.3 Å². The summed E-state index contributed by atoms with van der Waals surface area (Å²) in [6.45, 7) is 4.10. The molecule has 2 aromatic carbocycles. The second-order valence-electron chi connectivity index (χ2n) is 6.09. The predicted octanol–water partition coefficient (Wildman–Crippen LogP) is 6.06. The Labute approximate surface area is 173 Å². The third-order valence-electron chi connectivity index (χ3n) is 4.28. The van der Waals surface area contributed by atoms with Gasteiger partial charge in [-0.05, 0) is 48.7 Å². The summed E-state index contributed by atoms with van der Waals surface area (Å²) in [7, 11) is 0. The van der Waals surface area contributed by atoms with Crippen molar-refractivity contribution in [2.24, 2.45) is 0 Å². The van der Waals surface area contributed by atoms with Gasteiger partial charge in [0.05, 0.1) is 6.61 Å². The van der Waals surface area contributed by atoms with E-state index in [4.69, 9.17) is 16.3 Å². The monoisotopic (exact) mass is 413 g/mol. The Morgan fingerprint density at radius 2 is 1.71 bits per heavy atom. The van der Waals surface area contributed by atoms with Gasteiger partial charge in [0.1, 0.15) is 10.6 Å². The smallest absolute Gasteiger partial charge is 0.341 e. The molecule has 4 nitrogen and oxygen atoms in total. The second-order valence-corrected chi connectivity index (χ2v) is 7.40. The quantitative estimate of drug-likeness (QED) is 0.499. The van der Waals surface area contributed by atoms with Crippen molar-refractivity contribution in [2.45, 2.75) is 20.3 Å². The van der Waals surface area contributed by atoms with Crippen molar-refractivity contribution in [1.29, 1.82) is 0 Å². The number of nitrogens with one attached hydrogen (secondary N) is 1. The minimum absolute atomic E-state index is 0.257. The van der Waals surface area contributed by atoms with Crippen molar-refractivity contribution in [3.8, 4) is 11.1 Å². The van der Waals surface area contributed by atoms with Crippen LogP contribution >= 0.6 is 22.9 Å². The zero-order chi connectivity index (χ0) is 20.1. The molecule has 6 heteroatoms. The summed E-state index contributed by atoms with van der Waals surface area (Å²) in [5, 5.41) is 5.72. The minimum Gasteiger partial charge on any atom is -0.462 e. The molecule has 1 N–H and O–H groups in total. The van der Waals surface area contributed by atoms with Gasteiger partial charge in [0, 0.05) is 21.5 Å². The first-order valence-electron chi connectivity index (χ1n) is 8.98. The molecule has 144 valence electrons. The van der Waals surface area contributed by atoms with Crippen LogP contribution < -0.4 is 5.32 Å². The van der Waals surface area contributed by atoms with Crippen LogP contribution in [0, 0.1) is 0 Å². The number of carbonyl (C=O) groups excluding carboxylic acids is 2. The van der Waals surface area contributed by atoms with Crippen molar-refractivity contribution in [3.05, 3.63) is 75.6 Å². The first-order chi connectivity index (χ1) is 13.5. The van der Waals surface area contributed by atoms with Gasteiger partial charge in [-0.1, -0.05) is 42.8 Å². The molecule has 0 aliphatic carbocycles. The zero-order valence-electron chi connectivity index (χ0n) is 15.6. The van der Waals surface area contributed by atoms with Crippen LogP contribution in [-0.4, -0.2) is 18.5 Å². The molecule has 0 fully saturated rings. The van der Waals surface area contributed by atoms with E-state index in [0.29, 0.717) is 21.2 Å². The second kappa shape index (κ2) is 9.04. The number of ether oxygens (including phenoxy) is 1. The number of hydrogen-bond acceptors (Lipinski definition) is 4. The fourth-order valence-electron chi connectivity index (χ4n) is 2.76. The Balaban J connectivity index is 1.96. The van der Waals surface area contributed by atoms with E-state index in [1.54, 1.807) is 31.2 Å². The van der Waals surface area contributed by atoms with Crippen LogP contribution in [0.2, 0.25) is 5.02 Å². The maximum atomic E-state index is 12.6. The topological polar surface area (TPSA) is 55.4 Å². The highest BCUT2D eigenvalue weighted by Gasteiger charge is 2.23. The lowest BCUT2D eigenvalue weighted by molar-refractivity contribution is 0.0529. The van der Waals surface area contributed by atoms with E-state index < -0.39 is 5.97 Å². The van der Waals surface area contributed by atoms with Crippen molar-refractivity contribution in [2.75, 3.05) is 11.9 Å². The van der Waals surface area contributed by atoms with Gasteiger partial charge in [0.15, 0.2) is 0 Å². The molecule has 0 spiro atoms. The summed E-state index contributed by atoms with van der Waals surface area (Å²) >= 11 is 7.18. The average Bonchev–Trinajstić information content (AvgIpc) is 3.12. The van der Waals surface area contributed by atoms with Crippen molar-refractivity contribution in [3.63, 3.8) is 0 Å². The highest BCUT2D eigenvalue weighted by Crippen LogP contribution is 2.36. The predicted molar refractivity (Wildman–Crippen MR) is 114 cm³/mol. The summed E-state index contributed by atoms with van der Waals surface area (Å²) in [5.74, 6) is -0.762. The van der Waals surface area contributed by atoms with E-state index in [0.717, 1.165) is 17.5 Å². The van der Waals surface area contributed by atoms with Gasteiger partial charge in [-0.3, -0.25) is 4.79 Å². The number of anilines is 1. The van der Waals surface area contributed by atoms with Gasteiger partial charge in [-0.15, -0.1) is 11.3 Å². The van der Waals surface area contributed by atoms with Gasteiger partial charge in [0.2, 0.25) is 0 Å². The molecule has 0 radical (unpaired) electrons. The lowest BCUT2D eigenvalue weighted by Crippen LogP contribution is -2.14. The Kier molecular flexibility index (Phi) is 6.49. The van der Waals surface area contributed by atoms with Crippen LogP contribution in [0.15, 0.2) is 53.9 Å². The Hall–Kier alpha value is -2.63. The fraction of sp³-hybridized carbons (Fsp3) is 0.182. The number of hydrogen-bond donors (Lipinski definition) is 1. The molecular weight excluding hydrogens is 394 g/mol. The van der Waals surface area contributed by atoms with E-state index in [1.807, 2.05) is 29.6 Å². The van der Waals surface area contributed by atoms with Crippen molar-refractivity contribution in [1.82, 2.24) is 0 Å². The third-order valence-corrected chi connectivity index (χ3v) is 5.42.